The number of amides is 1. The number of hydrogen-bond donors (Lipinski definition) is 1. The maximum atomic E-state index is 12.2. The molecule has 1 aromatic heterocycles. The van der Waals surface area contributed by atoms with Gasteiger partial charge < -0.3 is 5.32 Å². The smallest absolute Gasteiger partial charge is 0.224 e. The Bertz CT molecular complexity index is 869. The minimum absolute atomic E-state index is 0.0166. The van der Waals surface area contributed by atoms with Gasteiger partial charge in [-0.2, -0.15) is 0 Å². The zero-order chi connectivity index (χ0) is 17.6. The molecule has 3 nitrogen and oxygen atoms in total. The van der Waals surface area contributed by atoms with Gasteiger partial charge >= 0.3 is 0 Å². The second-order valence-electron chi connectivity index (χ2n) is 6.32. The van der Waals surface area contributed by atoms with Crippen LogP contribution in [0.1, 0.15) is 22.3 Å². The molecular formula is C22H22N2O. The SMILES string of the molecule is Cc1ccc(CC(=O)NCc2cccnc2-c2cccc(C)c2)cc1. The predicted molar refractivity (Wildman–Crippen MR) is 101 cm³/mol. The summed E-state index contributed by atoms with van der Waals surface area (Å²) in [5, 5.41) is 3.01. The van der Waals surface area contributed by atoms with Gasteiger partial charge in [0.05, 0.1) is 12.1 Å². The molecule has 126 valence electrons. The number of rotatable bonds is 5. The van der Waals surface area contributed by atoms with Crippen molar-refractivity contribution in [1.82, 2.24) is 10.3 Å². The van der Waals surface area contributed by atoms with Crippen molar-refractivity contribution in [2.75, 3.05) is 0 Å². The number of carbonyl (C=O) groups excluding carboxylic acids is 1. The van der Waals surface area contributed by atoms with Gasteiger partial charge in [-0.3, -0.25) is 9.78 Å². The van der Waals surface area contributed by atoms with E-state index < -0.39 is 0 Å². The number of nitrogens with zero attached hydrogens (tertiary/aromatic N) is 1. The summed E-state index contributed by atoms with van der Waals surface area (Å²) in [6.45, 7) is 4.58. The van der Waals surface area contributed by atoms with Gasteiger partial charge in [-0.1, -0.05) is 59.7 Å². The molecule has 0 aliphatic rings. The number of aryl methyl sites for hydroxylation is 2. The zero-order valence-corrected chi connectivity index (χ0v) is 14.6. The van der Waals surface area contributed by atoms with Gasteiger partial charge in [0.2, 0.25) is 5.91 Å². The fourth-order valence-electron chi connectivity index (χ4n) is 2.78. The molecule has 0 spiro atoms. The molecule has 1 amide bonds. The summed E-state index contributed by atoms with van der Waals surface area (Å²) in [5.41, 5.74) is 6.42. The summed E-state index contributed by atoms with van der Waals surface area (Å²) in [4.78, 5) is 16.8. The Morgan fingerprint density at radius 1 is 0.960 bits per heavy atom. The molecule has 0 saturated heterocycles. The van der Waals surface area contributed by atoms with E-state index in [1.54, 1.807) is 6.20 Å². The largest absolute Gasteiger partial charge is 0.352 e. The first-order valence-electron chi connectivity index (χ1n) is 8.45. The standard InChI is InChI=1S/C22H22N2O/c1-16-8-10-18(11-9-16)14-21(25)24-15-20-7-4-12-23-22(20)19-6-3-5-17(2)13-19/h3-13H,14-15H2,1-2H3,(H,24,25). The quantitative estimate of drug-likeness (QED) is 0.761. The van der Waals surface area contributed by atoms with E-state index in [9.17, 15) is 4.79 Å². The number of pyridine rings is 1. The molecule has 3 aromatic rings. The number of hydrogen-bond acceptors (Lipinski definition) is 2. The van der Waals surface area contributed by atoms with E-state index in [0.29, 0.717) is 13.0 Å². The van der Waals surface area contributed by atoms with Crippen molar-refractivity contribution in [3.8, 4) is 11.3 Å². The highest BCUT2D eigenvalue weighted by Crippen LogP contribution is 2.22. The average molecular weight is 330 g/mol. The molecule has 0 radical (unpaired) electrons. The molecular weight excluding hydrogens is 308 g/mol. The molecule has 3 heteroatoms. The number of aromatic nitrogens is 1. The summed E-state index contributed by atoms with van der Waals surface area (Å²) < 4.78 is 0. The minimum atomic E-state index is 0.0166. The predicted octanol–water partition coefficient (Wildman–Crippen LogP) is 4.22. The van der Waals surface area contributed by atoms with Crippen LogP contribution in [-0.2, 0) is 17.8 Å². The van der Waals surface area contributed by atoms with Crippen molar-refractivity contribution in [3.63, 3.8) is 0 Å². The van der Waals surface area contributed by atoms with Crippen molar-refractivity contribution in [2.45, 2.75) is 26.8 Å². The number of nitrogens with one attached hydrogen (secondary N) is 1. The van der Waals surface area contributed by atoms with E-state index in [0.717, 1.165) is 22.4 Å². The van der Waals surface area contributed by atoms with Crippen LogP contribution in [0.5, 0.6) is 0 Å². The third kappa shape index (κ3) is 4.54. The first-order chi connectivity index (χ1) is 12.1. The van der Waals surface area contributed by atoms with Crippen LogP contribution in [0.4, 0.5) is 0 Å². The molecule has 0 fully saturated rings. The Morgan fingerprint density at radius 3 is 2.52 bits per heavy atom. The lowest BCUT2D eigenvalue weighted by atomic mass is 10.0. The van der Waals surface area contributed by atoms with E-state index in [2.05, 4.69) is 29.4 Å². The van der Waals surface area contributed by atoms with Gasteiger partial charge in [0.1, 0.15) is 0 Å². The molecule has 1 N–H and O–H groups in total. The lowest BCUT2D eigenvalue weighted by Gasteiger charge is -2.11. The molecule has 3 rings (SSSR count). The summed E-state index contributed by atoms with van der Waals surface area (Å²) in [6, 6.07) is 20.2. The Balaban J connectivity index is 1.69. The minimum Gasteiger partial charge on any atom is -0.352 e. The summed E-state index contributed by atoms with van der Waals surface area (Å²) >= 11 is 0. The van der Waals surface area contributed by atoms with E-state index >= 15 is 0 Å². The monoisotopic (exact) mass is 330 g/mol. The van der Waals surface area contributed by atoms with Gasteiger partial charge in [-0.05, 0) is 37.1 Å². The third-order valence-electron chi connectivity index (χ3n) is 4.14. The Kier molecular flexibility index (Phi) is 5.24. The van der Waals surface area contributed by atoms with Gasteiger partial charge in [-0.15, -0.1) is 0 Å². The van der Waals surface area contributed by atoms with Crippen LogP contribution in [0, 0.1) is 13.8 Å². The van der Waals surface area contributed by atoms with Crippen LogP contribution < -0.4 is 5.32 Å². The van der Waals surface area contributed by atoms with Crippen molar-refractivity contribution in [3.05, 3.63) is 89.1 Å². The zero-order valence-electron chi connectivity index (χ0n) is 14.6. The lowest BCUT2D eigenvalue weighted by molar-refractivity contribution is -0.120. The second kappa shape index (κ2) is 7.75. The van der Waals surface area contributed by atoms with E-state index in [-0.39, 0.29) is 5.91 Å². The van der Waals surface area contributed by atoms with Crippen LogP contribution in [0.2, 0.25) is 0 Å². The Hall–Kier alpha value is -2.94. The van der Waals surface area contributed by atoms with Crippen LogP contribution in [0.25, 0.3) is 11.3 Å². The molecule has 0 aliphatic heterocycles. The molecule has 0 aliphatic carbocycles. The number of benzene rings is 2. The second-order valence-corrected chi connectivity index (χ2v) is 6.32. The molecule has 0 bridgehead atoms. The molecule has 0 saturated carbocycles. The van der Waals surface area contributed by atoms with Crippen molar-refractivity contribution < 1.29 is 4.79 Å². The molecule has 2 aromatic carbocycles. The van der Waals surface area contributed by atoms with Crippen LogP contribution in [-0.4, -0.2) is 10.9 Å². The van der Waals surface area contributed by atoms with Crippen LogP contribution >= 0.6 is 0 Å². The Morgan fingerprint density at radius 2 is 1.76 bits per heavy atom. The highest BCUT2D eigenvalue weighted by atomic mass is 16.1. The van der Waals surface area contributed by atoms with Gasteiger partial charge in [0.25, 0.3) is 0 Å². The van der Waals surface area contributed by atoms with Gasteiger partial charge in [0, 0.05) is 18.3 Å². The normalized spacial score (nSPS) is 10.5. The summed E-state index contributed by atoms with van der Waals surface area (Å²) in [7, 11) is 0. The Labute approximate surface area is 148 Å². The van der Waals surface area contributed by atoms with Crippen LogP contribution in [0.3, 0.4) is 0 Å². The van der Waals surface area contributed by atoms with Crippen molar-refractivity contribution in [1.29, 1.82) is 0 Å². The van der Waals surface area contributed by atoms with E-state index in [4.69, 9.17) is 0 Å². The first kappa shape index (κ1) is 16.9. The fourth-order valence-corrected chi connectivity index (χ4v) is 2.78. The van der Waals surface area contributed by atoms with E-state index in [1.807, 2.05) is 55.5 Å². The first-order valence-corrected chi connectivity index (χ1v) is 8.45. The lowest BCUT2D eigenvalue weighted by Crippen LogP contribution is -2.25. The van der Waals surface area contributed by atoms with Gasteiger partial charge in [-0.25, -0.2) is 0 Å². The maximum absolute atomic E-state index is 12.2. The van der Waals surface area contributed by atoms with Gasteiger partial charge in [0.15, 0.2) is 0 Å². The average Bonchev–Trinajstić information content (AvgIpc) is 2.62. The maximum Gasteiger partial charge on any atom is 0.224 e. The topological polar surface area (TPSA) is 42.0 Å². The molecule has 0 atom stereocenters. The van der Waals surface area contributed by atoms with Crippen LogP contribution in [0.15, 0.2) is 66.9 Å². The molecule has 1 heterocycles. The van der Waals surface area contributed by atoms with Crippen molar-refractivity contribution >= 4 is 5.91 Å². The highest BCUT2D eigenvalue weighted by molar-refractivity contribution is 5.78. The highest BCUT2D eigenvalue weighted by Gasteiger charge is 2.09. The van der Waals surface area contributed by atoms with Crippen molar-refractivity contribution in [2.24, 2.45) is 0 Å². The molecule has 0 unspecified atom stereocenters. The summed E-state index contributed by atoms with van der Waals surface area (Å²) in [5.74, 6) is 0.0166. The number of carbonyl (C=O) groups is 1. The fraction of sp³-hybridized carbons (Fsp3) is 0.182. The molecule has 25 heavy (non-hydrogen) atoms. The summed E-state index contributed by atoms with van der Waals surface area (Å²) in [6.07, 6.45) is 2.18. The third-order valence-corrected chi connectivity index (χ3v) is 4.14. The van der Waals surface area contributed by atoms with E-state index in [1.165, 1.54) is 11.1 Å².